The molecule has 2 aliphatic rings. The molecule has 1 amide bonds. The molecule has 1 aromatic carbocycles. The molecule has 0 bridgehead atoms. The van der Waals surface area contributed by atoms with Gasteiger partial charge in [-0.3, -0.25) is 13.8 Å². The van der Waals surface area contributed by atoms with Crippen molar-refractivity contribution in [3.8, 4) is 5.75 Å². The van der Waals surface area contributed by atoms with Gasteiger partial charge in [0.15, 0.2) is 5.82 Å². The summed E-state index contributed by atoms with van der Waals surface area (Å²) in [5.41, 5.74) is 0.535. The second-order valence-corrected chi connectivity index (χ2v) is 7.15. The maximum atomic E-state index is 14.4. The molecule has 2 saturated heterocycles. The third-order valence-corrected chi connectivity index (χ3v) is 5.37. The molecule has 6 nitrogen and oxygen atoms in total. The van der Waals surface area contributed by atoms with E-state index in [1.54, 1.807) is 0 Å². The van der Waals surface area contributed by atoms with Crippen molar-refractivity contribution in [1.29, 1.82) is 0 Å². The molecule has 0 aromatic heterocycles. The average Bonchev–Trinajstić information content (AvgIpc) is 2.68. The van der Waals surface area contributed by atoms with Crippen LogP contribution in [0.15, 0.2) is 12.1 Å². The van der Waals surface area contributed by atoms with E-state index < -0.39 is 22.9 Å². The predicted octanol–water partition coefficient (Wildman–Crippen LogP) is 0.978. The summed E-state index contributed by atoms with van der Waals surface area (Å²) in [5, 5.41) is 13.5. The summed E-state index contributed by atoms with van der Waals surface area (Å²) in [6.07, 6.45) is 3.90. The van der Waals surface area contributed by atoms with Gasteiger partial charge < -0.3 is 10.4 Å². The average molecular weight is 341 g/mol. The van der Waals surface area contributed by atoms with Crippen LogP contribution in [0, 0.1) is 11.7 Å². The number of carbonyl (C=O) groups is 1. The molecule has 126 valence electrons. The zero-order valence-corrected chi connectivity index (χ0v) is 13.5. The van der Waals surface area contributed by atoms with Crippen LogP contribution in [-0.2, 0) is 22.4 Å². The number of nitrogens with one attached hydrogen (secondary N) is 2. The van der Waals surface area contributed by atoms with E-state index in [1.807, 2.05) is 0 Å². The maximum absolute atomic E-state index is 14.4. The summed E-state index contributed by atoms with van der Waals surface area (Å²) in [4.78, 5) is 11.3. The lowest BCUT2D eigenvalue weighted by Crippen LogP contribution is -2.23. The van der Waals surface area contributed by atoms with E-state index in [9.17, 15) is 18.5 Å². The number of hydrogen-bond acceptors (Lipinski definition) is 4. The number of hydrogen-bond donors (Lipinski definition) is 3. The molecule has 1 aromatic rings. The standard InChI is InChI=1S/C15H20FN3O3S/c16-12-7-11(6-10-2-1-4-17-5-3-10)8-13(20)15(12)19-9-14(21)18-23(19)22/h7-8,10,17,20H,1-6,9H2,(H,18,21). The summed E-state index contributed by atoms with van der Waals surface area (Å²) in [7, 11) is 0. The van der Waals surface area contributed by atoms with Crippen LogP contribution < -0.4 is 14.3 Å². The molecular weight excluding hydrogens is 321 g/mol. The number of phenolic OH excluding ortho intramolecular Hbond substituents is 1. The summed E-state index contributed by atoms with van der Waals surface area (Å²) in [6.45, 7) is 1.74. The Balaban J connectivity index is 1.80. The van der Waals surface area contributed by atoms with E-state index in [0.717, 1.165) is 42.2 Å². The molecule has 3 N–H and O–H groups in total. The van der Waals surface area contributed by atoms with Gasteiger partial charge >= 0.3 is 0 Å². The van der Waals surface area contributed by atoms with Crippen LogP contribution in [0.3, 0.4) is 0 Å². The molecule has 0 saturated carbocycles. The highest BCUT2D eigenvalue weighted by Gasteiger charge is 2.31. The number of phenols is 1. The Morgan fingerprint density at radius 1 is 1.35 bits per heavy atom. The summed E-state index contributed by atoms with van der Waals surface area (Å²) < 4.78 is 29.4. The van der Waals surface area contributed by atoms with E-state index in [0.29, 0.717) is 12.3 Å². The van der Waals surface area contributed by atoms with Gasteiger partial charge in [-0.15, -0.1) is 0 Å². The first-order chi connectivity index (χ1) is 11.0. The molecule has 0 spiro atoms. The second-order valence-electron chi connectivity index (χ2n) is 6.01. The number of anilines is 1. The van der Waals surface area contributed by atoms with Gasteiger partial charge in [0.05, 0.1) is 0 Å². The quantitative estimate of drug-likeness (QED) is 0.765. The number of rotatable bonds is 3. The molecule has 2 aliphatic heterocycles. The van der Waals surface area contributed by atoms with Crippen LogP contribution in [0.25, 0.3) is 0 Å². The van der Waals surface area contributed by atoms with Crippen molar-refractivity contribution in [2.24, 2.45) is 5.92 Å². The normalized spacial score (nSPS) is 25.3. The van der Waals surface area contributed by atoms with Crippen molar-refractivity contribution in [1.82, 2.24) is 10.0 Å². The molecule has 2 heterocycles. The van der Waals surface area contributed by atoms with Crippen LogP contribution in [0.5, 0.6) is 5.75 Å². The van der Waals surface area contributed by atoms with Crippen LogP contribution in [0.4, 0.5) is 10.1 Å². The summed E-state index contributed by atoms with van der Waals surface area (Å²) in [5.74, 6) is -0.941. The Labute approximate surface area is 136 Å². The SMILES string of the molecule is O=C1CN(c2c(O)cc(CC3CCCNCC3)cc2F)S(=O)N1. The fourth-order valence-electron chi connectivity index (χ4n) is 3.17. The molecule has 0 radical (unpaired) electrons. The first-order valence-electron chi connectivity index (χ1n) is 7.75. The van der Waals surface area contributed by atoms with E-state index >= 15 is 0 Å². The minimum atomic E-state index is -1.85. The van der Waals surface area contributed by atoms with Crippen molar-refractivity contribution >= 4 is 22.8 Å². The van der Waals surface area contributed by atoms with Crippen molar-refractivity contribution in [3.63, 3.8) is 0 Å². The zero-order valence-electron chi connectivity index (χ0n) is 12.7. The molecule has 8 heteroatoms. The van der Waals surface area contributed by atoms with Crippen LogP contribution in [-0.4, -0.2) is 34.9 Å². The van der Waals surface area contributed by atoms with Gasteiger partial charge in [-0.2, -0.15) is 0 Å². The van der Waals surface area contributed by atoms with Gasteiger partial charge in [0.25, 0.3) is 5.91 Å². The third-order valence-electron chi connectivity index (χ3n) is 4.26. The summed E-state index contributed by atoms with van der Waals surface area (Å²) >= 11 is -1.85. The van der Waals surface area contributed by atoms with Gasteiger partial charge in [0.1, 0.15) is 18.0 Å². The third kappa shape index (κ3) is 3.64. The Morgan fingerprint density at radius 3 is 2.87 bits per heavy atom. The van der Waals surface area contributed by atoms with E-state index in [-0.39, 0.29) is 18.0 Å². The highest BCUT2D eigenvalue weighted by Crippen LogP contribution is 2.34. The van der Waals surface area contributed by atoms with Gasteiger partial charge in [-0.25, -0.2) is 8.60 Å². The Bertz CT molecular complexity index is 609. The van der Waals surface area contributed by atoms with E-state index in [2.05, 4.69) is 10.0 Å². The Morgan fingerprint density at radius 2 is 2.17 bits per heavy atom. The lowest BCUT2D eigenvalue weighted by Gasteiger charge is -2.18. The number of amides is 1. The molecule has 0 aliphatic carbocycles. The first-order valence-corrected chi connectivity index (χ1v) is 8.86. The molecule has 2 atom stereocenters. The van der Waals surface area contributed by atoms with Crippen molar-refractivity contribution < 1.29 is 18.5 Å². The molecule has 23 heavy (non-hydrogen) atoms. The van der Waals surface area contributed by atoms with Crippen molar-refractivity contribution in [2.75, 3.05) is 23.9 Å². The van der Waals surface area contributed by atoms with Gasteiger partial charge in [0, 0.05) is 0 Å². The lowest BCUT2D eigenvalue weighted by molar-refractivity contribution is -0.117. The van der Waals surface area contributed by atoms with E-state index in [4.69, 9.17) is 0 Å². The first kappa shape index (κ1) is 16.2. The number of halogens is 1. The predicted molar refractivity (Wildman–Crippen MR) is 85.6 cm³/mol. The highest BCUT2D eigenvalue weighted by molar-refractivity contribution is 7.85. The van der Waals surface area contributed by atoms with Gasteiger partial charge in [-0.1, -0.05) is 0 Å². The Hall–Kier alpha value is -1.67. The maximum Gasteiger partial charge on any atom is 0.253 e. The topological polar surface area (TPSA) is 81.7 Å². The monoisotopic (exact) mass is 341 g/mol. The molecule has 2 fully saturated rings. The molecule has 3 rings (SSSR count). The van der Waals surface area contributed by atoms with Crippen LogP contribution in [0.1, 0.15) is 24.8 Å². The van der Waals surface area contributed by atoms with Crippen molar-refractivity contribution in [2.45, 2.75) is 25.7 Å². The number of carbonyl (C=O) groups excluding carboxylic acids is 1. The minimum absolute atomic E-state index is 0.187. The second kappa shape index (κ2) is 6.84. The number of benzene rings is 1. The Kier molecular flexibility index (Phi) is 4.82. The smallest absolute Gasteiger partial charge is 0.253 e. The minimum Gasteiger partial charge on any atom is -0.506 e. The highest BCUT2D eigenvalue weighted by atomic mass is 32.2. The number of nitrogens with zero attached hydrogens (tertiary/aromatic N) is 1. The largest absolute Gasteiger partial charge is 0.506 e. The lowest BCUT2D eigenvalue weighted by atomic mass is 9.92. The zero-order chi connectivity index (χ0) is 16.4. The van der Waals surface area contributed by atoms with Gasteiger partial charge in [0.2, 0.25) is 11.2 Å². The van der Waals surface area contributed by atoms with Crippen LogP contribution in [0.2, 0.25) is 0 Å². The number of aromatic hydroxyl groups is 1. The van der Waals surface area contributed by atoms with Crippen LogP contribution >= 0.6 is 0 Å². The molecule has 2 unspecified atom stereocenters. The van der Waals surface area contributed by atoms with Gasteiger partial charge in [-0.05, 0) is 62.4 Å². The fourth-order valence-corrected chi connectivity index (χ4v) is 4.12. The van der Waals surface area contributed by atoms with Crippen molar-refractivity contribution in [3.05, 3.63) is 23.5 Å². The summed E-state index contributed by atoms with van der Waals surface area (Å²) in [6, 6.07) is 2.88. The fraction of sp³-hybridized carbons (Fsp3) is 0.533. The van der Waals surface area contributed by atoms with E-state index in [1.165, 1.54) is 12.1 Å². The molecular formula is C15H20FN3O3S.